The molecular formula is C12H4BrClF3N3O. The molecule has 1 aromatic carbocycles. The molecule has 0 saturated carbocycles. The summed E-state index contributed by atoms with van der Waals surface area (Å²) in [5.74, 6) is -0.651. The number of rotatable bonds is 2. The number of hydrogen-bond donors (Lipinski definition) is 0. The fourth-order valence-electron chi connectivity index (χ4n) is 1.42. The van der Waals surface area contributed by atoms with E-state index >= 15 is 0 Å². The van der Waals surface area contributed by atoms with Crippen LogP contribution < -0.4 is 4.74 Å². The van der Waals surface area contributed by atoms with E-state index in [2.05, 4.69) is 25.9 Å². The molecule has 0 atom stereocenters. The molecule has 0 unspecified atom stereocenters. The van der Waals surface area contributed by atoms with Gasteiger partial charge in [0.2, 0.25) is 11.2 Å². The first-order chi connectivity index (χ1) is 9.81. The second-order valence-corrected chi connectivity index (χ2v) is 4.91. The Bertz CT molecular complexity index is 731. The molecule has 2 aromatic rings. The van der Waals surface area contributed by atoms with Crippen LogP contribution in [0.3, 0.4) is 0 Å². The average Bonchev–Trinajstić information content (AvgIpc) is 2.42. The first-order valence-corrected chi connectivity index (χ1v) is 6.45. The summed E-state index contributed by atoms with van der Waals surface area (Å²) >= 11 is 8.62. The van der Waals surface area contributed by atoms with Crippen LogP contribution in [0.4, 0.5) is 13.2 Å². The molecule has 0 aliphatic carbocycles. The van der Waals surface area contributed by atoms with Crippen molar-refractivity contribution in [3.05, 3.63) is 45.3 Å². The highest BCUT2D eigenvalue weighted by molar-refractivity contribution is 9.10. The average molecular weight is 379 g/mol. The minimum absolute atomic E-state index is 0.130. The van der Waals surface area contributed by atoms with Crippen molar-refractivity contribution in [1.82, 2.24) is 9.97 Å². The van der Waals surface area contributed by atoms with E-state index in [4.69, 9.17) is 21.6 Å². The number of benzene rings is 1. The highest BCUT2D eigenvalue weighted by atomic mass is 79.9. The van der Waals surface area contributed by atoms with Crippen LogP contribution in [0, 0.1) is 11.3 Å². The Morgan fingerprint density at radius 2 is 2.05 bits per heavy atom. The van der Waals surface area contributed by atoms with Crippen molar-refractivity contribution >= 4 is 27.5 Å². The summed E-state index contributed by atoms with van der Waals surface area (Å²) in [5, 5.41) is 8.51. The second-order valence-electron chi connectivity index (χ2n) is 3.71. The van der Waals surface area contributed by atoms with Crippen molar-refractivity contribution < 1.29 is 17.9 Å². The molecule has 1 aromatic heterocycles. The molecule has 0 radical (unpaired) electrons. The predicted octanol–water partition coefficient (Wildman–Crippen LogP) is 4.58. The molecule has 108 valence electrons. The van der Waals surface area contributed by atoms with E-state index in [0.717, 1.165) is 6.07 Å². The Morgan fingerprint density at radius 3 is 2.67 bits per heavy atom. The summed E-state index contributed by atoms with van der Waals surface area (Å²) in [6.45, 7) is 0. The van der Waals surface area contributed by atoms with Gasteiger partial charge < -0.3 is 4.74 Å². The number of alkyl halides is 3. The number of halogens is 5. The number of nitriles is 1. The molecule has 0 aliphatic rings. The van der Waals surface area contributed by atoms with E-state index in [1.54, 1.807) is 6.07 Å². The number of nitrogens with zero attached hydrogens (tertiary/aromatic N) is 3. The first-order valence-electron chi connectivity index (χ1n) is 5.28. The van der Waals surface area contributed by atoms with Crippen molar-refractivity contribution in [2.24, 2.45) is 0 Å². The summed E-state index contributed by atoms with van der Waals surface area (Å²) in [4.78, 5) is 7.33. The van der Waals surface area contributed by atoms with Gasteiger partial charge in [-0.2, -0.15) is 23.4 Å². The third-order valence-electron chi connectivity index (χ3n) is 2.30. The van der Waals surface area contributed by atoms with Crippen molar-refractivity contribution in [3.63, 3.8) is 0 Å². The Labute approximate surface area is 130 Å². The lowest BCUT2D eigenvalue weighted by atomic mass is 10.1. The Kier molecular flexibility index (Phi) is 4.34. The molecule has 0 bridgehead atoms. The van der Waals surface area contributed by atoms with Crippen LogP contribution in [0.25, 0.3) is 0 Å². The zero-order valence-electron chi connectivity index (χ0n) is 9.95. The fraction of sp³-hybridized carbons (Fsp3) is 0.0833. The number of aromatic nitrogens is 2. The van der Waals surface area contributed by atoms with Gasteiger partial charge in [-0.3, -0.25) is 0 Å². The molecule has 0 fully saturated rings. The molecule has 0 amide bonds. The van der Waals surface area contributed by atoms with Gasteiger partial charge in [0.1, 0.15) is 5.75 Å². The third-order valence-corrected chi connectivity index (χ3v) is 3.03. The molecule has 21 heavy (non-hydrogen) atoms. The highest BCUT2D eigenvalue weighted by Crippen LogP contribution is 2.39. The maximum atomic E-state index is 13.0. The van der Waals surface area contributed by atoms with Crippen molar-refractivity contribution in [3.8, 4) is 17.7 Å². The van der Waals surface area contributed by atoms with Gasteiger partial charge in [-0.1, -0.05) is 0 Å². The van der Waals surface area contributed by atoms with Crippen LogP contribution in [0.2, 0.25) is 5.28 Å². The smallest absolute Gasteiger partial charge is 0.420 e. The monoisotopic (exact) mass is 377 g/mol. The van der Waals surface area contributed by atoms with Gasteiger partial charge in [-0.15, -0.1) is 0 Å². The van der Waals surface area contributed by atoms with E-state index in [0.29, 0.717) is 6.07 Å². The maximum absolute atomic E-state index is 13.0. The Hall–Kier alpha value is -1.85. The lowest BCUT2D eigenvalue weighted by Crippen LogP contribution is -2.08. The second kappa shape index (κ2) is 5.87. The standard InChI is InChI=1S/C12H4BrClF3N3O/c13-8-5-19-11(14)20-10(8)21-9-2-1-6(4-18)3-7(9)12(15,16)17/h1-3,5H. The zero-order chi connectivity index (χ0) is 15.6. The topological polar surface area (TPSA) is 58.8 Å². The summed E-state index contributed by atoms with van der Waals surface area (Å²) in [6, 6.07) is 4.59. The Morgan fingerprint density at radius 1 is 1.33 bits per heavy atom. The maximum Gasteiger partial charge on any atom is 0.420 e. The molecule has 4 nitrogen and oxygen atoms in total. The first kappa shape index (κ1) is 15.5. The Balaban J connectivity index is 2.49. The van der Waals surface area contributed by atoms with E-state index < -0.39 is 17.5 Å². The van der Waals surface area contributed by atoms with Crippen molar-refractivity contribution in [1.29, 1.82) is 5.26 Å². The summed E-state index contributed by atoms with van der Waals surface area (Å²) < 4.78 is 44.3. The van der Waals surface area contributed by atoms with Crippen LogP contribution >= 0.6 is 27.5 Å². The van der Waals surface area contributed by atoms with E-state index in [9.17, 15) is 13.2 Å². The quantitative estimate of drug-likeness (QED) is 0.718. The fourth-order valence-corrected chi connectivity index (χ4v) is 1.81. The third kappa shape index (κ3) is 3.62. The highest BCUT2D eigenvalue weighted by Gasteiger charge is 2.35. The molecule has 2 rings (SSSR count). The van der Waals surface area contributed by atoms with Crippen molar-refractivity contribution in [2.45, 2.75) is 6.18 Å². The van der Waals surface area contributed by atoms with E-state index in [-0.39, 0.29) is 21.2 Å². The number of ether oxygens (including phenoxy) is 1. The SMILES string of the molecule is N#Cc1ccc(Oc2nc(Cl)ncc2Br)c(C(F)(F)F)c1. The normalized spacial score (nSPS) is 11.0. The van der Waals surface area contributed by atoms with Crippen LogP contribution in [-0.2, 0) is 6.18 Å². The van der Waals surface area contributed by atoms with Gasteiger partial charge in [0.25, 0.3) is 0 Å². The molecule has 0 N–H and O–H groups in total. The summed E-state index contributed by atoms with van der Waals surface area (Å²) in [5.41, 5.74) is -1.21. The lowest BCUT2D eigenvalue weighted by Gasteiger charge is -2.14. The van der Waals surface area contributed by atoms with Crippen LogP contribution in [0.1, 0.15) is 11.1 Å². The zero-order valence-corrected chi connectivity index (χ0v) is 12.3. The van der Waals surface area contributed by atoms with E-state index in [1.807, 2.05) is 0 Å². The predicted molar refractivity (Wildman–Crippen MR) is 71.0 cm³/mol. The minimum atomic E-state index is -4.68. The minimum Gasteiger partial charge on any atom is -0.437 e. The van der Waals surface area contributed by atoms with Gasteiger partial charge in [-0.05, 0) is 45.7 Å². The lowest BCUT2D eigenvalue weighted by molar-refractivity contribution is -0.138. The molecular weight excluding hydrogens is 375 g/mol. The van der Waals surface area contributed by atoms with Gasteiger partial charge >= 0.3 is 6.18 Å². The molecule has 0 aliphatic heterocycles. The van der Waals surface area contributed by atoms with Gasteiger partial charge in [0, 0.05) is 6.20 Å². The van der Waals surface area contributed by atoms with Gasteiger partial charge in [0.05, 0.1) is 21.7 Å². The summed E-state index contributed by atoms with van der Waals surface area (Å²) in [7, 11) is 0. The molecule has 1 heterocycles. The number of hydrogen-bond acceptors (Lipinski definition) is 4. The van der Waals surface area contributed by atoms with Crippen LogP contribution in [0.5, 0.6) is 11.6 Å². The van der Waals surface area contributed by atoms with Gasteiger partial charge in [0.15, 0.2) is 0 Å². The van der Waals surface area contributed by atoms with Crippen molar-refractivity contribution in [2.75, 3.05) is 0 Å². The van der Waals surface area contributed by atoms with Gasteiger partial charge in [-0.25, -0.2) is 4.98 Å². The molecule has 9 heteroatoms. The largest absolute Gasteiger partial charge is 0.437 e. The molecule has 0 spiro atoms. The van der Waals surface area contributed by atoms with E-state index in [1.165, 1.54) is 12.3 Å². The summed E-state index contributed by atoms with van der Waals surface area (Å²) in [6.07, 6.45) is -3.42. The van der Waals surface area contributed by atoms with Crippen LogP contribution in [0.15, 0.2) is 28.9 Å². The van der Waals surface area contributed by atoms with Crippen LogP contribution in [-0.4, -0.2) is 9.97 Å². The molecule has 0 saturated heterocycles.